The average Bonchev–Trinajstić information content (AvgIpc) is 2.28. The Labute approximate surface area is 102 Å². The molecule has 0 saturated carbocycles. The fourth-order valence-corrected chi connectivity index (χ4v) is 1.85. The van der Waals surface area contributed by atoms with Crippen molar-refractivity contribution in [1.82, 2.24) is 5.32 Å². The van der Waals surface area contributed by atoms with Gasteiger partial charge in [-0.05, 0) is 26.2 Å². The Bertz CT molecular complexity index is 170. The van der Waals surface area contributed by atoms with Crippen LogP contribution in [0.25, 0.3) is 0 Å². The van der Waals surface area contributed by atoms with E-state index in [-0.39, 0.29) is 11.5 Å². The van der Waals surface area contributed by atoms with Crippen molar-refractivity contribution in [2.45, 2.75) is 78.9 Å². The van der Waals surface area contributed by atoms with Gasteiger partial charge < -0.3 is 10.4 Å². The van der Waals surface area contributed by atoms with Crippen LogP contribution < -0.4 is 5.32 Å². The van der Waals surface area contributed by atoms with Gasteiger partial charge in [0.1, 0.15) is 0 Å². The van der Waals surface area contributed by atoms with Gasteiger partial charge in [0.05, 0.1) is 6.10 Å². The van der Waals surface area contributed by atoms with Crippen LogP contribution in [0.15, 0.2) is 0 Å². The third-order valence-corrected chi connectivity index (χ3v) is 4.01. The summed E-state index contributed by atoms with van der Waals surface area (Å²) in [5.41, 5.74) is 0.0135. The number of rotatable bonds is 9. The fraction of sp³-hybridized carbons (Fsp3) is 1.00. The quantitative estimate of drug-likeness (QED) is 0.635. The number of aliphatic hydroxyl groups is 1. The van der Waals surface area contributed by atoms with Crippen LogP contribution in [0.4, 0.5) is 0 Å². The first-order chi connectivity index (χ1) is 7.50. The molecule has 16 heavy (non-hydrogen) atoms. The molecular weight excluding hydrogens is 198 g/mol. The first-order valence-electron chi connectivity index (χ1n) is 6.91. The van der Waals surface area contributed by atoms with Crippen molar-refractivity contribution in [3.8, 4) is 0 Å². The van der Waals surface area contributed by atoms with E-state index in [0.29, 0.717) is 6.04 Å². The van der Waals surface area contributed by atoms with Gasteiger partial charge in [0.2, 0.25) is 0 Å². The van der Waals surface area contributed by atoms with Crippen LogP contribution in [-0.2, 0) is 0 Å². The molecule has 98 valence electrons. The summed E-state index contributed by atoms with van der Waals surface area (Å²) in [6.07, 6.45) is 5.77. The molecule has 0 amide bonds. The Kier molecular flexibility index (Phi) is 8.04. The highest BCUT2D eigenvalue weighted by molar-refractivity contribution is 4.82. The number of aliphatic hydroxyl groups excluding tert-OH is 1. The first-order valence-corrected chi connectivity index (χ1v) is 6.91. The minimum Gasteiger partial charge on any atom is -0.393 e. The molecule has 0 aromatic rings. The van der Waals surface area contributed by atoms with Crippen molar-refractivity contribution in [1.29, 1.82) is 0 Å². The maximum absolute atomic E-state index is 9.79. The van der Waals surface area contributed by atoms with Crippen LogP contribution in [0.2, 0.25) is 0 Å². The van der Waals surface area contributed by atoms with Crippen molar-refractivity contribution in [2.24, 2.45) is 5.41 Å². The molecule has 0 aromatic heterocycles. The maximum atomic E-state index is 9.79. The maximum Gasteiger partial charge on any atom is 0.0577 e. The van der Waals surface area contributed by atoms with Gasteiger partial charge in [-0.1, -0.05) is 40.5 Å². The van der Waals surface area contributed by atoms with E-state index >= 15 is 0 Å². The minimum atomic E-state index is -0.242. The summed E-state index contributed by atoms with van der Waals surface area (Å²) in [6.45, 7) is 11.6. The van der Waals surface area contributed by atoms with Crippen molar-refractivity contribution in [3.05, 3.63) is 0 Å². The minimum absolute atomic E-state index is 0.0135. The van der Waals surface area contributed by atoms with E-state index in [0.717, 1.165) is 13.0 Å². The molecule has 3 atom stereocenters. The van der Waals surface area contributed by atoms with Crippen molar-refractivity contribution in [2.75, 3.05) is 6.54 Å². The fourth-order valence-electron chi connectivity index (χ4n) is 1.85. The third kappa shape index (κ3) is 5.31. The molecule has 0 spiro atoms. The second-order valence-electron chi connectivity index (χ2n) is 5.31. The smallest absolute Gasteiger partial charge is 0.0577 e. The molecule has 3 unspecified atom stereocenters. The van der Waals surface area contributed by atoms with E-state index < -0.39 is 0 Å². The standard InChI is InChI=1S/C14H31NO/c1-6-9-10-13(7-2)15-11-14(5,8-3)12(4)16/h12-13,15-16H,6-11H2,1-5H3. The topological polar surface area (TPSA) is 32.3 Å². The van der Waals surface area contributed by atoms with Crippen LogP contribution >= 0.6 is 0 Å². The van der Waals surface area contributed by atoms with E-state index in [1.54, 1.807) is 0 Å². The molecule has 0 fully saturated rings. The Morgan fingerprint density at radius 1 is 1.25 bits per heavy atom. The molecule has 0 bridgehead atoms. The van der Waals surface area contributed by atoms with Crippen LogP contribution in [0.1, 0.15) is 66.7 Å². The Hall–Kier alpha value is -0.0800. The number of nitrogens with one attached hydrogen (secondary N) is 1. The van der Waals surface area contributed by atoms with Crippen LogP contribution in [0.5, 0.6) is 0 Å². The summed E-state index contributed by atoms with van der Waals surface area (Å²) in [6, 6.07) is 0.615. The number of hydrogen-bond acceptors (Lipinski definition) is 2. The summed E-state index contributed by atoms with van der Waals surface area (Å²) < 4.78 is 0. The SMILES string of the molecule is CCCCC(CC)NCC(C)(CC)C(C)O. The highest BCUT2D eigenvalue weighted by Crippen LogP contribution is 2.25. The van der Waals surface area contributed by atoms with Gasteiger partial charge in [-0.15, -0.1) is 0 Å². The molecule has 0 saturated heterocycles. The summed E-state index contributed by atoms with van der Waals surface area (Å²) in [4.78, 5) is 0. The third-order valence-electron chi connectivity index (χ3n) is 4.01. The van der Waals surface area contributed by atoms with E-state index in [2.05, 4.69) is 33.0 Å². The second-order valence-corrected chi connectivity index (χ2v) is 5.31. The van der Waals surface area contributed by atoms with Crippen molar-refractivity contribution in [3.63, 3.8) is 0 Å². The zero-order chi connectivity index (χ0) is 12.6. The van der Waals surface area contributed by atoms with Gasteiger partial charge in [-0.2, -0.15) is 0 Å². The summed E-state index contributed by atoms with van der Waals surface area (Å²) in [5, 5.41) is 13.4. The molecule has 0 heterocycles. The van der Waals surface area contributed by atoms with Gasteiger partial charge in [-0.3, -0.25) is 0 Å². The van der Waals surface area contributed by atoms with Gasteiger partial charge in [0.25, 0.3) is 0 Å². The predicted molar refractivity (Wildman–Crippen MR) is 71.7 cm³/mol. The molecule has 0 aliphatic heterocycles. The Morgan fingerprint density at radius 2 is 1.88 bits per heavy atom. The first kappa shape index (κ1) is 15.9. The van der Waals surface area contributed by atoms with Gasteiger partial charge in [-0.25, -0.2) is 0 Å². The average molecular weight is 229 g/mol. The van der Waals surface area contributed by atoms with E-state index in [1.165, 1.54) is 25.7 Å². The van der Waals surface area contributed by atoms with E-state index in [9.17, 15) is 5.11 Å². The molecular formula is C14H31NO. The van der Waals surface area contributed by atoms with Crippen LogP contribution in [0, 0.1) is 5.41 Å². The van der Waals surface area contributed by atoms with Gasteiger partial charge in [0, 0.05) is 18.0 Å². The molecule has 0 aliphatic carbocycles. The second kappa shape index (κ2) is 8.08. The summed E-state index contributed by atoms with van der Waals surface area (Å²) in [7, 11) is 0. The lowest BCUT2D eigenvalue weighted by Gasteiger charge is -2.33. The summed E-state index contributed by atoms with van der Waals surface area (Å²) in [5.74, 6) is 0. The molecule has 2 heteroatoms. The normalized spacial score (nSPS) is 19.1. The molecule has 2 nitrogen and oxygen atoms in total. The van der Waals surface area contributed by atoms with Gasteiger partial charge in [0.15, 0.2) is 0 Å². The highest BCUT2D eigenvalue weighted by Gasteiger charge is 2.28. The Morgan fingerprint density at radius 3 is 2.25 bits per heavy atom. The van der Waals surface area contributed by atoms with E-state index in [1.807, 2.05) is 6.92 Å². The molecule has 0 aromatic carbocycles. The van der Waals surface area contributed by atoms with Gasteiger partial charge >= 0.3 is 0 Å². The molecule has 0 radical (unpaired) electrons. The lowest BCUT2D eigenvalue weighted by molar-refractivity contribution is 0.0466. The van der Waals surface area contributed by atoms with E-state index in [4.69, 9.17) is 0 Å². The monoisotopic (exact) mass is 229 g/mol. The lowest BCUT2D eigenvalue weighted by Crippen LogP contribution is -2.43. The largest absolute Gasteiger partial charge is 0.393 e. The van der Waals surface area contributed by atoms with Crippen LogP contribution in [0.3, 0.4) is 0 Å². The Balaban J connectivity index is 4.07. The molecule has 0 rings (SSSR count). The number of hydrogen-bond donors (Lipinski definition) is 2. The number of unbranched alkanes of at least 4 members (excludes halogenated alkanes) is 1. The predicted octanol–water partition coefficient (Wildman–Crippen LogP) is 3.34. The molecule has 0 aliphatic rings. The zero-order valence-electron chi connectivity index (χ0n) is 11.8. The summed E-state index contributed by atoms with van der Waals surface area (Å²) >= 11 is 0. The van der Waals surface area contributed by atoms with Crippen molar-refractivity contribution < 1.29 is 5.11 Å². The van der Waals surface area contributed by atoms with Crippen LogP contribution in [-0.4, -0.2) is 23.8 Å². The zero-order valence-corrected chi connectivity index (χ0v) is 11.8. The van der Waals surface area contributed by atoms with Crippen molar-refractivity contribution >= 4 is 0 Å². The highest BCUT2D eigenvalue weighted by atomic mass is 16.3. The molecule has 2 N–H and O–H groups in total. The lowest BCUT2D eigenvalue weighted by atomic mass is 9.82.